The van der Waals surface area contributed by atoms with Crippen molar-refractivity contribution in [1.29, 1.82) is 0 Å². The number of nitrogens with one attached hydrogen (secondary N) is 1. The van der Waals surface area contributed by atoms with Gasteiger partial charge >= 0.3 is 0 Å². The summed E-state index contributed by atoms with van der Waals surface area (Å²) in [6.07, 6.45) is 5.60. The van der Waals surface area contributed by atoms with Crippen LogP contribution in [0, 0.1) is 0 Å². The monoisotopic (exact) mass is 272 g/mol. The number of aryl methyl sites for hydroxylation is 2. The molecule has 20 heavy (non-hydrogen) atoms. The minimum absolute atomic E-state index is 0.189. The Morgan fingerprint density at radius 2 is 1.90 bits per heavy atom. The molecule has 1 aromatic rings. The highest BCUT2D eigenvalue weighted by Gasteiger charge is 2.30. The van der Waals surface area contributed by atoms with Gasteiger partial charge in [0.25, 0.3) is 5.91 Å². The summed E-state index contributed by atoms with van der Waals surface area (Å²) in [4.78, 5) is 14.6. The van der Waals surface area contributed by atoms with E-state index in [1.165, 1.54) is 24.0 Å². The molecule has 1 aliphatic heterocycles. The first kappa shape index (κ1) is 13.6. The summed E-state index contributed by atoms with van der Waals surface area (Å²) in [5, 5.41) is 3.38. The second kappa shape index (κ2) is 5.21. The maximum absolute atomic E-state index is 12.6. The van der Waals surface area contributed by atoms with Crippen LogP contribution in [-0.2, 0) is 12.8 Å². The number of rotatable bonds is 2. The standard InChI is InChI=1S/C17H24N2O/c1-17(18-2)8-10-19(11-9-17)16(20)15-7-6-13-4-3-5-14(13)12-15/h6-7,12,18H,3-5,8-11H2,1-2H3. The predicted molar refractivity (Wildman–Crippen MR) is 81.1 cm³/mol. The lowest BCUT2D eigenvalue weighted by molar-refractivity contribution is 0.0661. The number of carbonyl (C=O) groups is 1. The first-order valence-electron chi connectivity index (χ1n) is 7.71. The Labute approximate surface area is 121 Å². The van der Waals surface area contributed by atoms with E-state index in [4.69, 9.17) is 0 Å². The van der Waals surface area contributed by atoms with E-state index >= 15 is 0 Å². The lowest BCUT2D eigenvalue weighted by atomic mass is 9.89. The summed E-state index contributed by atoms with van der Waals surface area (Å²) < 4.78 is 0. The van der Waals surface area contributed by atoms with Crippen LogP contribution in [0.3, 0.4) is 0 Å². The van der Waals surface area contributed by atoms with Crippen LogP contribution < -0.4 is 5.32 Å². The zero-order valence-electron chi connectivity index (χ0n) is 12.5. The third-order valence-electron chi connectivity index (χ3n) is 5.10. The molecule has 1 saturated heterocycles. The highest BCUT2D eigenvalue weighted by molar-refractivity contribution is 5.94. The molecular weight excluding hydrogens is 248 g/mol. The van der Waals surface area contributed by atoms with Crippen molar-refractivity contribution >= 4 is 5.91 Å². The van der Waals surface area contributed by atoms with Gasteiger partial charge in [-0.25, -0.2) is 0 Å². The second-order valence-electron chi connectivity index (χ2n) is 6.44. The van der Waals surface area contributed by atoms with Crippen LogP contribution in [0.25, 0.3) is 0 Å². The van der Waals surface area contributed by atoms with E-state index in [1.807, 2.05) is 18.0 Å². The number of fused-ring (bicyclic) bond motifs is 1. The van der Waals surface area contributed by atoms with E-state index in [2.05, 4.69) is 24.4 Å². The summed E-state index contributed by atoms with van der Waals surface area (Å²) in [6, 6.07) is 6.28. The Bertz CT molecular complexity index is 516. The van der Waals surface area contributed by atoms with Crippen LogP contribution in [0.5, 0.6) is 0 Å². The molecule has 1 amide bonds. The normalized spacial score (nSPS) is 20.8. The Hall–Kier alpha value is -1.35. The molecule has 3 rings (SSSR count). The van der Waals surface area contributed by atoms with Gasteiger partial charge in [-0.15, -0.1) is 0 Å². The molecule has 0 aromatic heterocycles. The molecule has 0 radical (unpaired) electrons. The molecule has 3 nitrogen and oxygen atoms in total. The largest absolute Gasteiger partial charge is 0.339 e. The van der Waals surface area contributed by atoms with Gasteiger partial charge in [0.15, 0.2) is 0 Å². The van der Waals surface area contributed by atoms with Crippen LogP contribution >= 0.6 is 0 Å². The molecule has 1 aliphatic carbocycles. The van der Waals surface area contributed by atoms with Gasteiger partial charge in [0, 0.05) is 24.2 Å². The SMILES string of the molecule is CNC1(C)CCN(C(=O)c2ccc3c(c2)CCC3)CC1. The van der Waals surface area contributed by atoms with E-state index in [0.717, 1.165) is 37.9 Å². The summed E-state index contributed by atoms with van der Waals surface area (Å²) in [6.45, 7) is 3.95. The van der Waals surface area contributed by atoms with Gasteiger partial charge in [-0.2, -0.15) is 0 Å². The molecule has 3 heteroatoms. The highest BCUT2D eigenvalue weighted by atomic mass is 16.2. The maximum Gasteiger partial charge on any atom is 0.253 e. The number of piperidine rings is 1. The molecule has 0 atom stereocenters. The zero-order chi connectivity index (χ0) is 14.2. The van der Waals surface area contributed by atoms with E-state index in [1.54, 1.807) is 0 Å². The smallest absolute Gasteiger partial charge is 0.253 e. The maximum atomic E-state index is 12.6. The average molecular weight is 272 g/mol. The Balaban J connectivity index is 1.71. The minimum atomic E-state index is 0.189. The van der Waals surface area contributed by atoms with Crippen molar-refractivity contribution < 1.29 is 4.79 Å². The second-order valence-corrected chi connectivity index (χ2v) is 6.44. The third kappa shape index (κ3) is 2.47. The number of hydrogen-bond acceptors (Lipinski definition) is 2. The fourth-order valence-corrected chi connectivity index (χ4v) is 3.34. The first-order chi connectivity index (χ1) is 9.61. The van der Waals surface area contributed by atoms with Crippen LogP contribution in [0.4, 0.5) is 0 Å². The van der Waals surface area contributed by atoms with Crippen molar-refractivity contribution in [3.8, 4) is 0 Å². The number of hydrogen-bond donors (Lipinski definition) is 1. The molecule has 0 saturated carbocycles. The highest BCUT2D eigenvalue weighted by Crippen LogP contribution is 2.25. The molecule has 0 spiro atoms. The van der Waals surface area contributed by atoms with Crippen molar-refractivity contribution in [3.05, 3.63) is 34.9 Å². The fourth-order valence-electron chi connectivity index (χ4n) is 3.34. The molecule has 1 heterocycles. The minimum Gasteiger partial charge on any atom is -0.339 e. The van der Waals surface area contributed by atoms with E-state index in [9.17, 15) is 4.79 Å². The Morgan fingerprint density at radius 3 is 2.60 bits per heavy atom. The van der Waals surface area contributed by atoms with E-state index < -0.39 is 0 Å². The van der Waals surface area contributed by atoms with Gasteiger partial charge in [0.1, 0.15) is 0 Å². The van der Waals surface area contributed by atoms with Crippen LogP contribution in [0.1, 0.15) is 47.7 Å². The van der Waals surface area contributed by atoms with Gasteiger partial charge in [-0.05, 0) is 69.3 Å². The van der Waals surface area contributed by atoms with Gasteiger partial charge in [-0.3, -0.25) is 4.79 Å². The fraction of sp³-hybridized carbons (Fsp3) is 0.588. The zero-order valence-corrected chi connectivity index (χ0v) is 12.5. The number of benzene rings is 1. The predicted octanol–water partition coefficient (Wildman–Crippen LogP) is 2.39. The molecule has 2 aliphatic rings. The lowest BCUT2D eigenvalue weighted by Crippen LogP contribution is -2.51. The number of likely N-dealkylation sites (tertiary alicyclic amines) is 1. The third-order valence-corrected chi connectivity index (χ3v) is 5.10. The number of carbonyl (C=O) groups excluding carboxylic acids is 1. The molecule has 1 N–H and O–H groups in total. The summed E-state index contributed by atoms with van der Waals surface area (Å²) in [5.41, 5.74) is 3.88. The quantitative estimate of drug-likeness (QED) is 0.896. The molecule has 108 valence electrons. The van der Waals surface area contributed by atoms with Gasteiger partial charge in [-0.1, -0.05) is 6.07 Å². The van der Waals surface area contributed by atoms with Crippen LogP contribution in [0.15, 0.2) is 18.2 Å². The number of amides is 1. The topological polar surface area (TPSA) is 32.3 Å². The van der Waals surface area contributed by atoms with Crippen molar-refractivity contribution in [1.82, 2.24) is 10.2 Å². The van der Waals surface area contributed by atoms with Crippen LogP contribution in [-0.4, -0.2) is 36.5 Å². The van der Waals surface area contributed by atoms with Crippen molar-refractivity contribution in [2.75, 3.05) is 20.1 Å². The molecule has 1 aromatic carbocycles. The number of nitrogens with zero attached hydrogens (tertiary/aromatic N) is 1. The molecule has 0 unspecified atom stereocenters. The van der Waals surface area contributed by atoms with Gasteiger partial charge < -0.3 is 10.2 Å². The Morgan fingerprint density at radius 1 is 1.20 bits per heavy atom. The van der Waals surface area contributed by atoms with Gasteiger partial charge in [0.2, 0.25) is 0 Å². The van der Waals surface area contributed by atoms with Crippen molar-refractivity contribution in [2.24, 2.45) is 0 Å². The van der Waals surface area contributed by atoms with Crippen molar-refractivity contribution in [3.63, 3.8) is 0 Å². The molecule has 1 fully saturated rings. The first-order valence-corrected chi connectivity index (χ1v) is 7.71. The van der Waals surface area contributed by atoms with Gasteiger partial charge in [0.05, 0.1) is 0 Å². The Kier molecular flexibility index (Phi) is 3.55. The van der Waals surface area contributed by atoms with Crippen molar-refractivity contribution in [2.45, 2.75) is 44.6 Å². The summed E-state index contributed by atoms with van der Waals surface area (Å²) in [5.74, 6) is 0.206. The van der Waals surface area contributed by atoms with E-state index in [-0.39, 0.29) is 11.4 Å². The average Bonchev–Trinajstić information content (AvgIpc) is 2.94. The van der Waals surface area contributed by atoms with E-state index in [0.29, 0.717) is 0 Å². The summed E-state index contributed by atoms with van der Waals surface area (Å²) >= 11 is 0. The molecular formula is C17H24N2O. The molecule has 0 bridgehead atoms. The summed E-state index contributed by atoms with van der Waals surface area (Å²) in [7, 11) is 2.01. The lowest BCUT2D eigenvalue weighted by Gasteiger charge is -2.39. The van der Waals surface area contributed by atoms with Crippen LogP contribution in [0.2, 0.25) is 0 Å².